The SMILES string of the molecule is CCC(C)C1NC(=O)[C@H](Cc2ccc(O)cc2)NC(=O)C(NC(=O)CN=C2C(=NN)C3C=CC=CC3N(C(=O)CCC(=O)NCCC[Si](C)OC)Cc3ccccc32)CSSCC(C(=O)N2CCCC2C(=O)NC(CC(C)C)C(=O)NCC(N)=O)NC(=O)[C@H](CC(N)=O)NC(=O)[C@H](CCC(N)=O)NC1=O. The molecule has 105 heavy (non-hydrogen) atoms. The predicted molar refractivity (Wildman–Crippen MR) is 394 cm³/mol. The number of hydrogen-bond acceptors (Lipinski definition) is 21. The Balaban J connectivity index is 1.40. The molecule has 4 aliphatic rings. The summed E-state index contributed by atoms with van der Waals surface area (Å²) in [5.41, 5.74) is 18.3. The lowest BCUT2D eigenvalue weighted by Crippen LogP contribution is -2.62. The average molecular weight is 1510 g/mol. The summed E-state index contributed by atoms with van der Waals surface area (Å²) >= 11 is 0. The molecule has 2 aromatic rings. The van der Waals surface area contributed by atoms with Crippen LogP contribution in [0.4, 0.5) is 0 Å². The molecule has 6 rings (SSSR count). The van der Waals surface area contributed by atoms with Gasteiger partial charge in [-0.3, -0.25) is 72.1 Å². The van der Waals surface area contributed by atoms with Crippen molar-refractivity contribution < 1.29 is 76.7 Å². The van der Waals surface area contributed by atoms with Crippen molar-refractivity contribution in [1.29, 1.82) is 0 Å². The Labute approximate surface area is 618 Å². The van der Waals surface area contributed by atoms with Gasteiger partial charge in [-0.05, 0) is 79.8 Å². The number of carbonyl (C=O) groups excluding carboxylic acids is 14. The second-order valence-corrected chi connectivity index (χ2v) is 31.3. The third-order valence-electron chi connectivity index (χ3n) is 18.0. The highest BCUT2D eigenvalue weighted by Crippen LogP contribution is 2.31. The molecule has 1 radical (unpaired) electrons. The lowest BCUT2D eigenvalue weighted by molar-refractivity contribution is -0.142. The molecule has 8 unspecified atom stereocenters. The summed E-state index contributed by atoms with van der Waals surface area (Å²) in [6, 6.07) is 0.617. The summed E-state index contributed by atoms with van der Waals surface area (Å²) in [4.78, 5) is 203. The molecule has 571 valence electrons. The Morgan fingerprint density at radius 1 is 0.762 bits per heavy atom. The number of nitrogens with zero attached hydrogens (tertiary/aromatic N) is 4. The van der Waals surface area contributed by atoms with Crippen LogP contribution in [0.25, 0.3) is 0 Å². The number of carbonyl (C=O) groups is 14. The number of nitrogens with two attached hydrogens (primary N) is 4. The fourth-order valence-electron chi connectivity index (χ4n) is 12.1. The van der Waals surface area contributed by atoms with Crippen molar-refractivity contribution in [3.05, 3.63) is 89.5 Å². The van der Waals surface area contributed by atoms with Crippen LogP contribution in [-0.4, -0.2) is 217 Å². The molecule has 3 heterocycles. The lowest BCUT2D eigenvalue weighted by Gasteiger charge is -2.38. The third-order valence-corrected chi connectivity index (χ3v) is 22.2. The minimum atomic E-state index is -1.87. The van der Waals surface area contributed by atoms with Crippen LogP contribution in [0.2, 0.25) is 12.6 Å². The number of phenols is 1. The van der Waals surface area contributed by atoms with Gasteiger partial charge in [-0.25, -0.2) is 0 Å². The van der Waals surface area contributed by atoms with Gasteiger partial charge in [0.1, 0.15) is 60.6 Å². The van der Waals surface area contributed by atoms with E-state index in [0.717, 1.165) is 34.1 Å². The van der Waals surface area contributed by atoms with Gasteiger partial charge in [-0.1, -0.05) is 116 Å². The highest BCUT2D eigenvalue weighted by molar-refractivity contribution is 8.76. The highest BCUT2D eigenvalue weighted by Gasteiger charge is 2.43. The maximum absolute atomic E-state index is 15.2. The van der Waals surface area contributed by atoms with Gasteiger partial charge in [-0.15, -0.1) is 0 Å². The maximum Gasteiger partial charge on any atom is 0.246 e. The van der Waals surface area contributed by atoms with Crippen molar-refractivity contribution in [2.24, 2.45) is 50.9 Å². The number of phenolic OH excluding ortho intramolecular Hbond substituents is 1. The fourth-order valence-corrected chi connectivity index (χ4v) is 15.3. The van der Waals surface area contributed by atoms with Crippen LogP contribution in [0.1, 0.15) is 109 Å². The summed E-state index contributed by atoms with van der Waals surface area (Å²) in [5, 5.41) is 38.2. The average Bonchev–Trinajstić information content (AvgIpc) is 1.21. The Bertz CT molecular complexity index is 3620. The number of hydrogen-bond donors (Lipinski definition) is 14. The largest absolute Gasteiger partial charge is 0.508 e. The zero-order valence-corrected chi connectivity index (χ0v) is 62.4. The number of nitrogens with one attached hydrogen (secondary N) is 9. The number of aliphatic imine (C=N–C) groups is 1. The first-order valence-electron chi connectivity index (χ1n) is 34.8. The van der Waals surface area contributed by atoms with E-state index in [-0.39, 0.29) is 104 Å². The predicted octanol–water partition coefficient (Wildman–Crippen LogP) is -1.64. The van der Waals surface area contributed by atoms with Crippen molar-refractivity contribution >= 4 is 125 Å². The van der Waals surface area contributed by atoms with Crippen LogP contribution in [0.5, 0.6) is 5.75 Å². The molecule has 11 atom stereocenters. The van der Waals surface area contributed by atoms with Gasteiger partial charge in [0, 0.05) is 75.4 Å². The van der Waals surface area contributed by atoms with Gasteiger partial charge in [-0.2, -0.15) is 5.10 Å². The first-order chi connectivity index (χ1) is 50.0. The Morgan fingerprint density at radius 2 is 1.44 bits per heavy atom. The molecule has 0 saturated carbocycles. The van der Waals surface area contributed by atoms with Crippen molar-refractivity contribution in [3.8, 4) is 5.75 Å². The van der Waals surface area contributed by atoms with Crippen LogP contribution in [0.3, 0.4) is 0 Å². The van der Waals surface area contributed by atoms with E-state index in [1.807, 2.05) is 6.55 Å². The van der Waals surface area contributed by atoms with Gasteiger partial charge in [0.05, 0.1) is 30.4 Å². The molecule has 2 aromatic carbocycles. The van der Waals surface area contributed by atoms with Crippen LogP contribution < -0.4 is 70.9 Å². The number of primary amides is 3. The standard InChI is InChI=1S/C69H98N17O16S2Si/c1-7-39(4)59-68(100)78-45(23-24-53(70)88)63(95)80-48(32-54(71)89)64(96)82-50(69(101)85-28-12-18-52(85)67(99)81-46(30-38(2)3)62(94)76-33-55(72)90)37-104-103-36-49(66(98)79-47(65(97)83-59)31-40-19-21-42(87)22-20-40)77-57(92)34-75-60-43-15-9-8-14-41(43)35-86(51-17-11-10-16-44(51)61(60)84-73)58(93)26-25-56(91)74-27-13-29-105(6)102-5/h8-11,14-17,19-22,38-39,44-52,59,87H,7,12-13,18,23-37,73H2,1-6H3,(H2,70,88)(H2,71,89)(H2,72,90)(H,74,91)(H,76,94)(H,77,92)(H,78,100)(H,79,98)(H,80,95)(H,81,99)(H,82,96)(H,83,97)/t39?,44?,45-,46?,47-,48-,49?,50?,51?,52?,59?/m0/s1. The quantitative estimate of drug-likeness (QED) is 0.0149. The number of aromatic hydroxyl groups is 1. The zero-order chi connectivity index (χ0) is 77.0. The monoisotopic (exact) mass is 1510 g/mol. The molecular weight excluding hydrogens is 1420 g/mol. The highest BCUT2D eigenvalue weighted by atomic mass is 33.1. The number of amides is 14. The topological polar surface area (TPSA) is 512 Å². The van der Waals surface area contributed by atoms with E-state index >= 15 is 9.59 Å². The van der Waals surface area contributed by atoms with E-state index in [9.17, 15) is 62.6 Å². The number of likely N-dealkylation sites (tertiary alicyclic amines) is 1. The molecule has 0 spiro atoms. The van der Waals surface area contributed by atoms with Crippen molar-refractivity contribution in [1.82, 2.24) is 57.7 Å². The van der Waals surface area contributed by atoms with Gasteiger partial charge >= 0.3 is 0 Å². The lowest BCUT2D eigenvalue weighted by atomic mass is 9.82. The second kappa shape index (κ2) is 41.7. The van der Waals surface area contributed by atoms with E-state index in [1.54, 1.807) is 88.3 Å². The molecular formula is C69H98N17O16S2Si. The van der Waals surface area contributed by atoms with Crippen LogP contribution in [-0.2, 0) is 84.5 Å². The minimum Gasteiger partial charge on any atom is -0.508 e. The molecule has 18 N–H and O–H groups in total. The molecule has 36 heteroatoms. The normalized spacial score (nSPS) is 23.4. The van der Waals surface area contributed by atoms with Crippen LogP contribution in [0, 0.1) is 17.8 Å². The molecule has 0 bridgehead atoms. The molecule has 14 amide bonds. The smallest absolute Gasteiger partial charge is 0.246 e. The number of allylic oxidation sites excluding steroid dienone is 2. The van der Waals surface area contributed by atoms with E-state index in [0.29, 0.717) is 23.2 Å². The van der Waals surface area contributed by atoms with Gasteiger partial charge in [0.25, 0.3) is 0 Å². The number of fused-ring (bicyclic) bond motifs is 2. The van der Waals surface area contributed by atoms with Crippen molar-refractivity contribution in [3.63, 3.8) is 0 Å². The van der Waals surface area contributed by atoms with Gasteiger partial charge < -0.3 is 90.2 Å². The number of benzene rings is 2. The van der Waals surface area contributed by atoms with Crippen LogP contribution >= 0.6 is 21.6 Å². The molecule has 2 saturated heterocycles. The third kappa shape index (κ3) is 25.9. The first kappa shape index (κ1) is 84.3. The number of rotatable bonds is 28. The van der Waals surface area contributed by atoms with E-state index in [1.165, 1.54) is 29.2 Å². The van der Waals surface area contributed by atoms with Crippen LogP contribution in [0.15, 0.2) is 82.9 Å². The summed E-state index contributed by atoms with van der Waals surface area (Å²) in [7, 11) is 2.52. The van der Waals surface area contributed by atoms with E-state index in [4.69, 9.17) is 32.5 Å². The molecule has 1 aliphatic carbocycles. The summed E-state index contributed by atoms with van der Waals surface area (Å²) in [6.07, 6.45) is 6.24. The summed E-state index contributed by atoms with van der Waals surface area (Å²) < 4.78 is 5.40. The molecule has 2 fully saturated rings. The molecule has 0 aromatic heterocycles. The summed E-state index contributed by atoms with van der Waals surface area (Å²) in [5.74, 6) is -7.90. The Morgan fingerprint density at radius 3 is 2.11 bits per heavy atom. The van der Waals surface area contributed by atoms with Crippen molar-refractivity contribution in [2.45, 2.75) is 172 Å². The van der Waals surface area contributed by atoms with Gasteiger partial charge in [0.15, 0.2) is 0 Å². The second-order valence-electron chi connectivity index (χ2n) is 26.4. The van der Waals surface area contributed by atoms with E-state index < -0.39 is 178 Å². The zero-order valence-electron chi connectivity index (χ0n) is 59.8. The van der Waals surface area contributed by atoms with Crippen molar-refractivity contribution in [2.75, 3.05) is 44.8 Å². The Kier molecular flexibility index (Phi) is 33.5. The fraction of sp³-hybridized carbons (Fsp3) is 0.536. The molecule has 3 aliphatic heterocycles. The molecule has 33 nitrogen and oxygen atoms in total. The minimum absolute atomic E-state index is 0.0436. The Hall–Kier alpha value is -9.68. The van der Waals surface area contributed by atoms with E-state index in [2.05, 4.69) is 53.0 Å². The summed E-state index contributed by atoms with van der Waals surface area (Å²) in [6.45, 7) is 8.18. The number of hydrazone groups is 1. The maximum atomic E-state index is 15.2. The first-order valence-corrected chi connectivity index (χ1v) is 39.4. The van der Waals surface area contributed by atoms with Gasteiger partial charge in [0.2, 0.25) is 91.7 Å².